The van der Waals surface area contributed by atoms with Crippen molar-refractivity contribution in [2.24, 2.45) is 10.7 Å². The number of hydrogen-bond donors (Lipinski definition) is 1. The van der Waals surface area contributed by atoms with Crippen LogP contribution in [0.1, 0.15) is 25.8 Å². The number of alkyl halides is 3. The molecule has 1 aromatic rings. The molecule has 0 fully saturated rings. The van der Waals surface area contributed by atoms with Crippen LogP contribution in [0.2, 0.25) is 5.02 Å². The van der Waals surface area contributed by atoms with Gasteiger partial charge in [-0.2, -0.15) is 13.2 Å². The van der Waals surface area contributed by atoms with E-state index in [1.165, 1.54) is 6.92 Å². The van der Waals surface area contributed by atoms with E-state index >= 15 is 0 Å². The highest BCUT2D eigenvalue weighted by Gasteiger charge is 2.56. The number of nitrogens with zero attached hydrogens (tertiary/aromatic N) is 1. The second kappa shape index (κ2) is 9.15. The average molecular weight is 509 g/mol. The van der Waals surface area contributed by atoms with Crippen LogP contribution in [0.3, 0.4) is 0 Å². The zero-order valence-corrected chi connectivity index (χ0v) is 20.0. The maximum absolute atomic E-state index is 13.0. The molecule has 5 nitrogen and oxygen atoms in total. The summed E-state index contributed by atoms with van der Waals surface area (Å²) in [6.07, 6.45) is -6.34. The van der Waals surface area contributed by atoms with Crippen LogP contribution < -0.4 is 5.73 Å². The summed E-state index contributed by atoms with van der Waals surface area (Å²) < 4.78 is 67.9. The topological polar surface area (TPSA) is 81.8 Å². The van der Waals surface area contributed by atoms with Crippen molar-refractivity contribution in [1.29, 1.82) is 0 Å². The number of amidine groups is 1. The van der Waals surface area contributed by atoms with E-state index in [2.05, 4.69) is 24.7 Å². The third-order valence-electron chi connectivity index (χ3n) is 5.09. The lowest BCUT2D eigenvalue weighted by atomic mass is 10.0. The Balaban J connectivity index is 2.13. The molecule has 0 amide bonds. The average Bonchev–Trinajstić information content (AvgIpc) is 2.64. The molecule has 0 saturated carbocycles. The van der Waals surface area contributed by atoms with Crippen LogP contribution in [-0.4, -0.2) is 36.5 Å². The predicted octanol–water partition coefficient (Wildman–Crippen LogP) is 5.39. The Morgan fingerprint density at radius 1 is 1.25 bits per heavy atom. The largest absolute Gasteiger partial charge is 0.488 e. The van der Waals surface area contributed by atoms with E-state index in [0.717, 1.165) is 24.2 Å². The Hall–Kier alpha value is -1.91. The van der Waals surface area contributed by atoms with Crippen molar-refractivity contribution >= 4 is 39.0 Å². The van der Waals surface area contributed by atoms with Crippen molar-refractivity contribution in [3.63, 3.8) is 0 Å². The Morgan fingerprint density at radius 2 is 1.81 bits per heavy atom. The summed E-state index contributed by atoms with van der Waals surface area (Å²) in [4.78, 5) is 4.71. The Bertz CT molecular complexity index is 1070. The lowest BCUT2D eigenvalue weighted by Crippen LogP contribution is -2.59. The van der Waals surface area contributed by atoms with E-state index < -0.39 is 44.3 Å². The van der Waals surface area contributed by atoms with Gasteiger partial charge in [0.05, 0.1) is 12.2 Å². The molecule has 1 heterocycles. The SMILES string of the molecule is C=C(OCc1ccc(Cl)cc1)C(=C)SC(=C)C1(C)CS(=O)(=O)C(C)(CC(F)(F)F)C(N)=N1. The number of hydrogen-bond acceptors (Lipinski definition) is 6. The molecule has 1 aliphatic heterocycles. The summed E-state index contributed by atoms with van der Waals surface area (Å²) in [5.74, 6) is -1.05. The molecule has 0 spiro atoms. The van der Waals surface area contributed by atoms with E-state index in [1.807, 2.05) is 0 Å². The van der Waals surface area contributed by atoms with Crippen LogP contribution in [0.25, 0.3) is 0 Å². The van der Waals surface area contributed by atoms with E-state index in [-0.39, 0.29) is 17.3 Å². The molecule has 2 atom stereocenters. The van der Waals surface area contributed by atoms with Gasteiger partial charge in [-0.1, -0.05) is 55.2 Å². The summed E-state index contributed by atoms with van der Waals surface area (Å²) in [6, 6.07) is 7.00. The standard InChI is InChI=1S/C21H24ClF3N2O3S2/c1-13(30-10-16-6-8-17(22)9-7-16)14(2)31-15(3)19(4)12-32(28,29)20(5,18(26)27-19)11-21(23,24)25/h6-9H,1-3,10-12H2,4-5H3,(H2,26,27). The first kappa shape index (κ1) is 26.3. The summed E-state index contributed by atoms with van der Waals surface area (Å²) >= 11 is 6.83. The van der Waals surface area contributed by atoms with Crippen LogP contribution >= 0.6 is 23.4 Å². The van der Waals surface area contributed by atoms with Gasteiger partial charge in [0.2, 0.25) is 0 Å². The molecule has 1 aromatic carbocycles. The van der Waals surface area contributed by atoms with Crippen molar-refractivity contribution in [3.05, 3.63) is 70.2 Å². The first-order valence-electron chi connectivity index (χ1n) is 9.27. The highest BCUT2D eigenvalue weighted by atomic mass is 35.5. The fourth-order valence-corrected chi connectivity index (χ4v) is 6.05. The van der Waals surface area contributed by atoms with Gasteiger partial charge in [0.15, 0.2) is 9.84 Å². The lowest BCUT2D eigenvalue weighted by molar-refractivity contribution is -0.136. The number of sulfone groups is 1. The van der Waals surface area contributed by atoms with Crippen molar-refractivity contribution in [1.82, 2.24) is 0 Å². The molecule has 2 unspecified atom stereocenters. The van der Waals surface area contributed by atoms with Gasteiger partial charge < -0.3 is 10.5 Å². The number of rotatable bonds is 8. The van der Waals surface area contributed by atoms with Gasteiger partial charge in [0.25, 0.3) is 0 Å². The Kier molecular flexibility index (Phi) is 7.53. The molecule has 0 aliphatic carbocycles. The first-order chi connectivity index (χ1) is 14.5. The number of benzene rings is 1. The summed E-state index contributed by atoms with van der Waals surface area (Å²) in [5, 5.41) is 0.589. The molecule has 2 rings (SSSR count). The Morgan fingerprint density at radius 3 is 2.31 bits per heavy atom. The third-order valence-corrected chi connectivity index (χ3v) is 9.17. The molecular weight excluding hydrogens is 485 g/mol. The van der Waals surface area contributed by atoms with Crippen molar-refractivity contribution in [3.8, 4) is 0 Å². The molecule has 176 valence electrons. The zero-order chi connectivity index (χ0) is 24.5. The molecule has 0 bridgehead atoms. The van der Waals surface area contributed by atoms with Gasteiger partial charge in [-0.3, -0.25) is 4.99 Å². The molecule has 1 aliphatic rings. The summed E-state index contributed by atoms with van der Waals surface area (Å²) in [5.41, 5.74) is 5.17. The monoisotopic (exact) mass is 508 g/mol. The second-order valence-corrected chi connectivity index (χ2v) is 11.9. The zero-order valence-electron chi connectivity index (χ0n) is 17.6. The van der Waals surface area contributed by atoms with Gasteiger partial charge in [0.1, 0.15) is 28.5 Å². The van der Waals surface area contributed by atoms with Crippen LogP contribution in [0, 0.1) is 0 Å². The lowest BCUT2D eigenvalue weighted by Gasteiger charge is -2.40. The fourth-order valence-electron chi connectivity index (χ4n) is 2.98. The minimum atomic E-state index is -4.73. The molecular formula is C21H24ClF3N2O3S2. The van der Waals surface area contributed by atoms with E-state index in [1.54, 1.807) is 24.3 Å². The summed E-state index contributed by atoms with van der Waals surface area (Å²) in [7, 11) is -4.31. The van der Waals surface area contributed by atoms with Gasteiger partial charge in [0, 0.05) is 14.8 Å². The highest BCUT2D eigenvalue weighted by Crippen LogP contribution is 2.44. The number of ether oxygens (including phenoxy) is 1. The van der Waals surface area contributed by atoms with Crippen LogP contribution in [-0.2, 0) is 21.2 Å². The highest BCUT2D eigenvalue weighted by molar-refractivity contribution is 8.07. The van der Waals surface area contributed by atoms with E-state index in [9.17, 15) is 21.6 Å². The van der Waals surface area contributed by atoms with Crippen LogP contribution in [0.15, 0.2) is 64.6 Å². The molecule has 0 aromatic heterocycles. The molecule has 0 saturated heterocycles. The molecule has 2 N–H and O–H groups in total. The molecule has 11 heteroatoms. The fraction of sp³-hybridized carbons (Fsp3) is 0.381. The van der Waals surface area contributed by atoms with Crippen LogP contribution in [0.5, 0.6) is 0 Å². The van der Waals surface area contributed by atoms with Crippen molar-refractivity contribution in [2.75, 3.05) is 5.75 Å². The van der Waals surface area contributed by atoms with Gasteiger partial charge >= 0.3 is 6.18 Å². The third kappa shape index (κ3) is 5.90. The predicted molar refractivity (Wildman–Crippen MR) is 124 cm³/mol. The summed E-state index contributed by atoms with van der Waals surface area (Å²) in [6.45, 7) is 14.1. The minimum absolute atomic E-state index is 0.203. The quantitative estimate of drug-likeness (QED) is 0.376. The van der Waals surface area contributed by atoms with Gasteiger partial charge in [-0.15, -0.1) is 0 Å². The van der Waals surface area contributed by atoms with E-state index in [0.29, 0.717) is 9.93 Å². The van der Waals surface area contributed by atoms with Crippen molar-refractivity contribution in [2.45, 2.75) is 43.3 Å². The Labute approximate surface area is 195 Å². The van der Waals surface area contributed by atoms with Gasteiger partial charge in [-0.05, 0) is 31.5 Å². The van der Waals surface area contributed by atoms with Gasteiger partial charge in [-0.25, -0.2) is 8.42 Å². The maximum atomic E-state index is 13.0. The minimum Gasteiger partial charge on any atom is -0.488 e. The number of nitrogens with two attached hydrogens (primary N) is 1. The van der Waals surface area contributed by atoms with E-state index in [4.69, 9.17) is 22.1 Å². The number of aliphatic imine (C=N–C) groups is 1. The smallest absolute Gasteiger partial charge is 0.391 e. The number of thioether (sulfide) groups is 1. The van der Waals surface area contributed by atoms with Crippen molar-refractivity contribution < 1.29 is 26.3 Å². The second-order valence-electron chi connectivity index (χ2n) is 7.84. The first-order valence-corrected chi connectivity index (χ1v) is 12.1. The van der Waals surface area contributed by atoms with Crippen LogP contribution in [0.4, 0.5) is 13.2 Å². The molecule has 32 heavy (non-hydrogen) atoms. The molecule has 0 radical (unpaired) electrons. The normalized spacial score (nSPS) is 25.0. The maximum Gasteiger partial charge on any atom is 0.391 e. The number of halogens is 4.